The van der Waals surface area contributed by atoms with Crippen LogP contribution in [0.3, 0.4) is 0 Å². The minimum atomic E-state index is -0.0328. The number of likely N-dealkylation sites (tertiary alicyclic amines) is 1. The lowest BCUT2D eigenvalue weighted by Gasteiger charge is -2.37. The van der Waals surface area contributed by atoms with Gasteiger partial charge in [-0.05, 0) is 32.1 Å². The first-order valence-electron chi connectivity index (χ1n) is 6.89. The Labute approximate surface area is 108 Å². The second-order valence-electron chi connectivity index (χ2n) is 5.59. The van der Waals surface area contributed by atoms with Crippen LogP contribution in [0.5, 0.6) is 0 Å². The van der Waals surface area contributed by atoms with Crippen LogP contribution in [0.15, 0.2) is 0 Å². The molecule has 0 aromatic heterocycles. The van der Waals surface area contributed by atoms with E-state index < -0.39 is 0 Å². The van der Waals surface area contributed by atoms with Crippen LogP contribution in [0, 0.1) is 11.8 Å². The van der Waals surface area contributed by atoms with Crippen molar-refractivity contribution in [1.29, 1.82) is 0 Å². The molecule has 102 valence electrons. The summed E-state index contributed by atoms with van der Waals surface area (Å²) in [5.41, 5.74) is 5.93. The van der Waals surface area contributed by atoms with E-state index in [1.165, 1.54) is 0 Å². The van der Waals surface area contributed by atoms with Gasteiger partial charge in [-0.2, -0.15) is 0 Å². The zero-order chi connectivity index (χ0) is 13.1. The first-order chi connectivity index (χ1) is 8.58. The van der Waals surface area contributed by atoms with Gasteiger partial charge in [0.25, 0.3) is 0 Å². The van der Waals surface area contributed by atoms with Crippen molar-refractivity contribution in [3.05, 3.63) is 0 Å². The average molecular weight is 253 g/mol. The number of amides is 2. The molecule has 3 N–H and O–H groups in total. The Hall–Kier alpha value is -1.10. The van der Waals surface area contributed by atoms with Crippen molar-refractivity contribution in [1.82, 2.24) is 10.2 Å². The van der Waals surface area contributed by atoms with Gasteiger partial charge in [-0.1, -0.05) is 0 Å². The molecular weight excluding hydrogens is 230 g/mol. The summed E-state index contributed by atoms with van der Waals surface area (Å²) in [5.74, 6) is 0.641. The van der Waals surface area contributed by atoms with Crippen molar-refractivity contribution < 1.29 is 9.59 Å². The first-order valence-corrected chi connectivity index (χ1v) is 6.89. The Morgan fingerprint density at radius 3 is 2.89 bits per heavy atom. The number of piperidine rings is 2. The molecular formula is C13H23N3O2. The second-order valence-corrected chi connectivity index (χ2v) is 5.59. The van der Waals surface area contributed by atoms with Crippen LogP contribution in [-0.4, -0.2) is 42.4 Å². The number of nitrogens with one attached hydrogen (secondary N) is 1. The normalized spacial score (nSPS) is 30.8. The number of carbonyl (C=O) groups excluding carboxylic acids is 2. The molecule has 2 saturated heterocycles. The zero-order valence-electron chi connectivity index (χ0n) is 11.0. The van der Waals surface area contributed by atoms with Crippen molar-refractivity contribution in [2.75, 3.05) is 19.6 Å². The molecule has 2 amide bonds. The van der Waals surface area contributed by atoms with Gasteiger partial charge in [-0.3, -0.25) is 9.59 Å². The van der Waals surface area contributed by atoms with Crippen LogP contribution in [0.25, 0.3) is 0 Å². The average Bonchev–Trinajstić information content (AvgIpc) is 2.39. The van der Waals surface area contributed by atoms with E-state index in [1.54, 1.807) is 0 Å². The standard InChI is InChI=1S/C13H23N3O2/c1-9(14)11-3-2-6-16(8-11)13(18)10-4-5-12(17)15-7-10/h9-11H,2-8,14H2,1H3,(H,15,17). The van der Waals surface area contributed by atoms with E-state index in [-0.39, 0.29) is 23.8 Å². The lowest BCUT2D eigenvalue weighted by Crippen LogP contribution is -2.50. The predicted octanol–water partition coefficient (Wildman–Crippen LogP) is 0.0984. The van der Waals surface area contributed by atoms with Gasteiger partial charge < -0.3 is 16.0 Å². The third-order valence-corrected chi connectivity index (χ3v) is 4.13. The largest absolute Gasteiger partial charge is 0.355 e. The lowest BCUT2D eigenvalue weighted by atomic mass is 9.90. The van der Waals surface area contributed by atoms with Crippen LogP contribution >= 0.6 is 0 Å². The Bertz CT molecular complexity index is 320. The predicted molar refractivity (Wildman–Crippen MR) is 68.7 cm³/mol. The Kier molecular flexibility index (Phi) is 4.22. The Balaban J connectivity index is 1.90. The van der Waals surface area contributed by atoms with Gasteiger partial charge in [0.1, 0.15) is 0 Å². The smallest absolute Gasteiger partial charge is 0.227 e. The maximum atomic E-state index is 12.4. The molecule has 0 radical (unpaired) electrons. The Morgan fingerprint density at radius 2 is 2.28 bits per heavy atom. The van der Waals surface area contributed by atoms with E-state index in [4.69, 9.17) is 5.73 Å². The van der Waals surface area contributed by atoms with Gasteiger partial charge in [0.2, 0.25) is 11.8 Å². The molecule has 5 heteroatoms. The van der Waals surface area contributed by atoms with Crippen LogP contribution in [0.1, 0.15) is 32.6 Å². The summed E-state index contributed by atoms with van der Waals surface area (Å²) in [6.45, 7) is 4.13. The summed E-state index contributed by atoms with van der Waals surface area (Å²) in [6.07, 6.45) is 3.31. The molecule has 0 aliphatic carbocycles. The van der Waals surface area contributed by atoms with Gasteiger partial charge in [0, 0.05) is 32.1 Å². The molecule has 0 aromatic carbocycles. The molecule has 3 unspecified atom stereocenters. The summed E-state index contributed by atoms with van der Waals surface area (Å²) < 4.78 is 0. The van der Waals surface area contributed by atoms with Crippen molar-refractivity contribution in [2.24, 2.45) is 17.6 Å². The molecule has 2 heterocycles. The molecule has 0 bridgehead atoms. The highest BCUT2D eigenvalue weighted by Gasteiger charge is 2.32. The summed E-state index contributed by atoms with van der Waals surface area (Å²) in [4.78, 5) is 25.4. The topological polar surface area (TPSA) is 75.4 Å². The number of hydrogen-bond acceptors (Lipinski definition) is 3. The number of carbonyl (C=O) groups is 2. The summed E-state index contributed by atoms with van der Waals surface area (Å²) >= 11 is 0. The van der Waals surface area contributed by atoms with Crippen molar-refractivity contribution in [3.63, 3.8) is 0 Å². The SMILES string of the molecule is CC(N)C1CCCN(C(=O)C2CCC(=O)NC2)C1. The van der Waals surface area contributed by atoms with E-state index in [1.807, 2.05) is 11.8 Å². The zero-order valence-corrected chi connectivity index (χ0v) is 11.0. The van der Waals surface area contributed by atoms with E-state index in [9.17, 15) is 9.59 Å². The van der Waals surface area contributed by atoms with Crippen LogP contribution < -0.4 is 11.1 Å². The molecule has 3 atom stereocenters. The molecule has 18 heavy (non-hydrogen) atoms. The van der Waals surface area contributed by atoms with Crippen LogP contribution in [0.2, 0.25) is 0 Å². The van der Waals surface area contributed by atoms with Crippen molar-refractivity contribution in [2.45, 2.75) is 38.6 Å². The quantitative estimate of drug-likeness (QED) is 0.733. The fourth-order valence-corrected chi connectivity index (χ4v) is 2.84. The van der Waals surface area contributed by atoms with E-state index in [2.05, 4.69) is 5.32 Å². The Morgan fingerprint density at radius 1 is 1.50 bits per heavy atom. The van der Waals surface area contributed by atoms with Crippen LogP contribution in [-0.2, 0) is 9.59 Å². The number of nitrogens with zero attached hydrogens (tertiary/aromatic N) is 1. The molecule has 0 spiro atoms. The fraction of sp³-hybridized carbons (Fsp3) is 0.846. The molecule has 2 rings (SSSR count). The van der Waals surface area contributed by atoms with Gasteiger partial charge in [-0.25, -0.2) is 0 Å². The highest BCUT2D eigenvalue weighted by molar-refractivity contribution is 5.83. The molecule has 2 aliphatic rings. The van der Waals surface area contributed by atoms with Crippen LogP contribution in [0.4, 0.5) is 0 Å². The van der Waals surface area contributed by atoms with Gasteiger partial charge in [0.15, 0.2) is 0 Å². The maximum Gasteiger partial charge on any atom is 0.227 e. The highest BCUT2D eigenvalue weighted by atomic mass is 16.2. The molecule has 0 saturated carbocycles. The fourth-order valence-electron chi connectivity index (χ4n) is 2.84. The second kappa shape index (κ2) is 5.69. The lowest BCUT2D eigenvalue weighted by molar-refractivity contribution is -0.139. The summed E-state index contributed by atoms with van der Waals surface area (Å²) in [7, 11) is 0. The van der Waals surface area contributed by atoms with Gasteiger partial charge >= 0.3 is 0 Å². The van der Waals surface area contributed by atoms with Gasteiger partial charge in [-0.15, -0.1) is 0 Å². The molecule has 0 aromatic rings. The van der Waals surface area contributed by atoms with Crippen molar-refractivity contribution >= 4 is 11.8 Å². The maximum absolute atomic E-state index is 12.4. The third-order valence-electron chi connectivity index (χ3n) is 4.13. The van der Waals surface area contributed by atoms with Crippen molar-refractivity contribution in [3.8, 4) is 0 Å². The van der Waals surface area contributed by atoms with E-state index in [0.29, 0.717) is 25.3 Å². The minimum absolute atomic E-state index is 0.0328. The number of hydrogen-bond donors (Lipinski definition) is 2. The highest BCUT2D eigenvalue weighted by Crippen LogP contribution is 2.22. The number of rotatable bonds is 2. The number of nitrogens with two attached hydrogens (primary N) is 1. The molecule has 5 nitrogen and oxygen atoms in total. The molecule has 2 aliphatic heterocycles. The van der Waals surface area contributed by atoms with E-state index in [0.717, 1.165) is 25.9 Å². The summed E-state index contributed by atoms with van der Waals surface area (Å²) in [5, 5.41) is 2.77. The first kappa shape index (κ1) is 13.3. The monoisotopic (exact) mass is 253 g/mol. The van der Waals surface area contributed by atoms with E-state index >= 15 is 0 Å². The molecule has 2 fully saturated rings. The summed E-state index contributed by atoms with van der Waals surface area (Å²) in [6, 6.07) is 0.145. The third kappa shape index (κ3) is 3.02. The minimum Gasteiger partial charge on any atom is -0.355 e. The van der Waals surface area contributed by atoms with Gasteiger partial charge in [0.05, 0.1) is 5.92 Å².